The van der Waals surface area contributed by atoms with E-state index < -0.39 is 0 Å². The molecule has 1 aromatic carbocycles. The lowest BCUT2D eigenvalue weighted by molar-refractivity contribution is 0.987. The molecule has 0 bridgehead atoms. The minimum Gasteiger partial charge on any atom is -0.281 e. The second kappa shape index (κ2) is 3.14. The number of aromatic amines is 1. The molecular formula is C10H11BrN2. The predicted octanol–water partition coefficient (Wildman–Crippen LogP) is 3.20. The fourth-order valence-corrected chi connectivity index (χ4v) is 1.92. The Labute approximate surface area is 85.5 Å². The van der Waals surface area contributed by atoms with E-state index in [4.69, 9.17) is 0 Å². The summed E-state index contributed by atoms with van der Waals surface area (Å²) in [6.07, 6.45) is 0.994. The number of nitrogens with one attached hydrogen (secondary N) is 1. The molecule has 0 amide bonds. The van der Waals surface area contributed by atoms with Gasteiger partial charge in [0, 0.05) is 15.6 Å². The van der Waals surface area contributed by atoms with Gasteiger partial charge in [-0.15, -0.1) is 0 Å². The fourth-order valence-electron chi connectivity index (χ4n) is 1.59. The van der Waals surface area contributed by atoms with Crippen molar-refractivity contribution < 1.29 is 0 Å². The third-order valence-electron chi connectivity index (χ3n) is 2.34. The van der Waals surface area contributed by atoms with Gasteiger partial charge >= 0.3 is 0 Å². The topological polar surface area (TPSA) is 28.7 Å². The maximum absolute atomic E-state index is 4.25. The first-order valence-corrected chi connectivity index (χ1v) is 5.15. The molecule has 0 unspecified atom stereocenters. The first kappa shape index (κ1) is 8.75. The second-order valence-corrected chi connectivity index (χ2v) is 3.98. The van der Waals surface area contributed by atoms with Gasteiger partial charge in [0.2, 0.25) is 0 Å². The molecule has 68 valence electrons. The Morgan fingerprint density at radius 3 is 2.92 bits per heavy atom. The Kier molecular flexibility index (Phi) is 2.12. The highest BCUT2D eigenvalue weighted by Crippen LogP contribution is 2.26. The SMILES string of the molecule is CCc1[nH]nc2ccc(Br)c(C)c12. The van der Waals surface area contributed by atoms with E-state index in [2.05, 4.69) is 40.0 Å². The molecule has 0 saturated heterocycles. The highest BCUT2D eigenvalue weighted by molar-refractivity contribution is 9.10. The average Bonchev–Trinajstić information content (AvgIpc) is 2.55. The molecule has 2 nitrogen and oxygen atoms in total. The molecule has 0 atom stereocenters. The molecular weight excluding hydrogens is 228 g/mol. The van der Waals surface area contributed by atoms with Gasteiger partial charge in [0.25, 0.3) is 0 Å². The monoisotopic (exact) mass is 238 g/mol. The number of hydrogen-bond donors (Lipinski definition) is 1. The van der Waals surface area contributed by atoms with Gasteiger partial charge in [-0.1, -0.05) is 22.9 Å². The first-order chi connectivity index (χ1) is 6.24. The summed E-state index contributed by atoms with van der Waals surface area (Å²) in [6, 6.07) is 4.07. The molecule has 0 fully saturated rings. The molecule has 1 N–H and O–H groups in total. The molecule has 0 aliphatic rings. The number of aromatic nitrogens is 2. The van der Waals surface area contributed by atoms with E-state index in [0.29, 0.717) is 0 Å². The number of aryl methyl sites for hydroxylation is 2. The van der Waals surface area contributed by atoms with Crippen LogP contribution in [0.3, 0.4) is 0 Å². The lowest BCUT2D eigenvalue weighted by atomic mass is 10.1. The van der Waals surface area contributed by atoms with Crippen molar-refractivity contribution in [1.29, 1.82) is 0 Å². The molecule has 1 aromatic heterocycles. The highest BCUT2D eigenvalue weighted by Gasteiger charge is 2.07. The number of fused-ring (bicyclic) bond motifs is 1. The summed E-state index contributed by atoms with van der Waals surface area (Å²) in [7, 11) is 0. The molecule has 0 radical (unpaired) electrons. The van der Waals surface area contributed by atoms with Gasteiger partial charge in [-0.2, -0.15) is 5.10 Å². The zero-order valence-electron chi connectivity index (χ0n) is 7.69. The largest absolute Gasteiger partial charge is 0.281 e. The first-order valence-electron chi connectivity index (χ1n) is 4.36. The van der Waals surface area contributed by atoms with Gasteiger partial charge in [0.15, 0.2) is 0 Å². The van der Waals surface area contributed by atoms with Crippen molar-refractivity contribution >= 4 is 26.8 Å². The summed E-state index contributed by atoms with van der Waals surface area (Å²) < 4.78 is 1.15. The van der Waals surface area contributed by atoms with Gasteiger partial charge in [0.05, 0.1) is 5.52 Å². The van der Waals surface area contributed by atoms with Crippen LogP contribution in [0.5, 0.6) is 0 Å². The third-order valence-corrected chi connectivity index (χ3v) is 3.20. The lowest BCUT2D eigenvalue weighted by Crippen LogP contribution is -1.83. The number of hydrogen-bond acceptors (Lipinski definition) is 1. The van der Waals surface area contributed by atoms with Crippen molar-refractivity contribution in [3.63, 3.8) is 0 Å². The Morgan fingerprint density at radius 1 is 1.46 bits per heavy atom. The predicted molar refractivity (Wildman–Crippen MR) is 57.9 cm³/mol. The standard InChI is InChI=1S/C10H11BrN2/c1-3-8-10-6(2)7(11)4-5-9(10)13-12-8/h4-5H,3H2,1-2H3,(H,12,13). The Hall–Kier alpha value is -0.830. The average molecular weight is 239 g/mol. The van der Waals surface area contributed by atoms with Crippen molar-refractivity contribution in [2.75, 3.05) is 0 Å². The summed E-state index contributed by atoms with van der Waals surface area (Å²) in [4.78, 5) is 0. The maximum atomic E-state index is 4.25. The van der Waals surface area contributed by atoms with Crippen LogP contribution >= 0.6 is 15.9 Å². The van der Waals surface area contributed by atoms with Crippen LogP contribution in [-0.4, -0.2) is 10.2 Å². The third kappa shape index (κ3) is 1.27. The van der Waals surface area contributed by atoms with E-state index in [1.54, 1.807) is 0 Å². The summed E-state index contributed by atoms with van der Waals surface area (Å²) in [6.45, 7) is 4.24. The zero-order valence-corrected chi connectivity index (χ0v) is 9.27. The number of rotatable bonds is 1. The van der Waals surface area contributed by atoms with Crippen molar-refractivity contribution in [2.45, 2.75) is 20.3 Å². The van der Waals surface area contributed by atoms with Crippen LogP contribution in [0.4, 0.5) is 0 Å². The maximum Gasteiger partial charge on any atom is 0.0927 e. The Morgan fingerprint density at radius 2 is 2.23 bits per heavy atom. The van der Waals surface area contributed by atoms with E-state index in [-0.39, 0.29) is 0 Å². The van der Waals surface area contributed by atoms with Crippen LogP contribution in [-0.2, 0) is 6.42 Å². The highest BCUT2D eigenvalue weighted by atomic mass is 79.9. The lowest BCUT2D eigenvalue weighted by Gasteiger charge is -2.00. The van der Waals surface area contributed by atoms with Crippen LogP contribution in [0, 0.1) is 6.92 Å². The van der Waals surface area contributed by atoms with E-state index in [9.17, 15) is 0 Å². The fraction of sp³-hybridized carbons (Fsp3) is 0.300. The zero-order chi connectivity index (χ0) is 9.42. The Bertz CT molecular complexity index is 445. The summed E-state index contributed by atoms with van der Waals surface area (Å²) in [5, 5.41) is 8.57. The molecule has 2 aromatic rings. The molecule has 13 heavy (non-hydrogen) atoms. The van der Waals surface area contributed by atoms with E-state index in [1.807, 2.05) is 12.1 Å². The smallest absolute Gasteiger partial charge is 0.0927 e. The van der Waals surface area contributed by atoms with Gasteiger partial charge in [-0.05, 0) is 31.0 Å². The van der Waals surface area contributed by atoms with Gasteiger partial charge in [-0.25, -0.2) is 0 Å². The number of benzene rings is 1. The molecule has 1 heterocycles. The van der Waals surface area contributed by atoms with E-state index in [1.165, 1.54) is 16.6 Å². The van der Waals surface area contributed by atoms with Crippen LogP contribution in [0.15, 0.2) is 16.6 Å². The van der Waals surface area contributed by atoms with Crippen molar-refractivity contribution in [3.05, 3.63) is 27.9 Å². The number of halogens is 1. The summed E-state index contributed by atoms with van der Waals surface area (Å²) >= 11 is 3.52. The van der Waals surface area contributed by atoms with Crippen LogP contribution < -0.4 is 0 Å². The normalized spacial score (nSPS) is 11.0. The van der Waals surface area contributed by atoms with Crippen molar-refractivity contribution in [1.82, 2.24) is 10.2 Å². The molecule has 3 heteroatoms. The molecule has 2 rings (SSSR count). The van der Waals surface area contributed by atoms with E-state index in [0.717, 1.165) is 16.4 Å². The van der Waals surface area contributed by atoms with Gasteiger partial charge in [-0.3, -0.25) is 5.10 Å². The molecule has 0 aliphatic heterocycles. The molecule has 0 aliphatic carbocycles. The quantitative estimate of drug-likeness (QED) is 0.813. The number of H-pyrrole nitrogens is 1. The minimum absolute atomic E-state index is 0.994. The second-order valence-electron chi connectivity index (χ2n) is 3.12. The molecule has 0 spiro atoms. The van der Waals surface area contributed by atoms with Gasteiger partial charge in [0.1, 0.15) is 0 Å². The van der Waals surface area contributed by atoms with Crippen molar-refractivity contribution in [2.24, 2.45) is 0 Å². The summed E-state index contributed by atoms with van der Waals surface area (Å²) in [5.41, 5.74) is 3.54. The van der Waals surface area contributed by atoms with Crippen molar-refractivity contribution in [3.8, 4) is 0 Å². The Balaban J connectivity index is 2.85. The van der Waals surface area contributed by atoms with Crippen LogP contribution in [0.25, 0.3) is 10.9 Å². The summed E-state index contributed by atoms with van der Waals surface area (Å²) in [5.74, 6) is 0. The van der Waals surface area contributed by atoms with E-state index >= 15 is 0 Å². The molecule has 0 saturated carbocycles. The van der Waals surface area contributed by atoms with Gasteiger partial charge < -0.3 is 0 Å². The van der Waals surface area contributed by atoms with Crippen LogP contribution in [0.2, 0.25) is 0 Å². The van der Waals surface area contributed by atoms with Crippen LogP contribution in [0.1, 0.15) is 18.2 Å². The minimum atomic E-state index is 0.994. The number of nitrogens with zero attached hydrogens (tertiary/aromatic N) is 1.